The lowest BCUT2D eigenvalue weighted by molar-refractivity contribution is -0.136. The third kappa shape index (κ3) is 5.74. The van der Waals surface area contributed by atoms with Crippen LogP contribution in [0.1, 0.15) is 12.8 Å². The lowest BCUT2D eigenvalue weighted by Crippen LogP contribution is -2.34. The van der Waals surface area contributed by atoms with Gasteiger partial charge in [-0.25, -0.2) is 4.98 Å². The van der Waals surface area contributed by atoms with Gasteiger partial charge in [-0.05, 0) is 18.4 Å². The molecule has 1 amide bonds. The van der Waals surface area contributed by atoms with Gasteiger partial charge in [0.15, 0.2) is 5.16 Å². The Bertz CT molecular complexity index is 759. The van der Waals surface area contributed by atoms with Crippen molar-refractivity contribution in [2.24, 2.45) is 0 Å². The molecule has 146 valence electrons. The smallest absolute Gasteiger partial charge is 0.376 e. The number of hydrogen-bond donors (Lipinski definition) is 1. The first-order chi connectivity index (χ1) is 12.9. The average molecular weight is 399 g/mol. The Labute approximate surface area is 159 Å². The van der Waals surface area contributed by atoms with E-state index in [1.807, 2.05) is 40.2 Å². The van der Waals surface area contributed by atoms with Crippen LogP contribution in [0.5, 0.6) is 0 Å². The zero-order valence-electron chi connectivity index (χ0n) is 14.5. The summed E-state index contributed by atoms with van der Waals surface area (Å²) in [7, 11) is 0. The van der Waals surface area contributed by atoms with Gasteiger partial charge in [-0.2, -0.15) is 13.2 Å². The summed E-state index contributed by atoms with van der Waals surface area (Å²) in [6.07, 6.45) is -0.676. The minimum atomic E-state index is -4.42. The Hall–Kier alpha value is -2.00. The molecule has 1 aromatic heterocycles. The van der Waals surface area contributed by atoms with Crippen LogP contribution in [0.3, 0.4) is 0 Å². The predicted octanol–water partition coefficient (Wildman–Crippen LogP) is 3.50. The first-order valence-electron chi connectivity index (χ1n) is 8.61. The molecule has 0 bridgehead atoms. The van der Waals surface area contributed by atoms with Gasteiger partial charge in [0.1, 0.15) is 6.54 Å². The molecule has 0 spiro atoms. The van der Waals surface area contributed by atoms with Crippen LogP contribution in [0.4, 0.5) is 13.2 Å². The van der Waals surface area contributed by atoms with Crippen LogP contribution in [0.2, 0.25) is 0 Å². The number of thioether (sulfide) groups is 1. The van der Waals surface area contributed by atoms with Crippen LogP contribution in [-0.2, 0) is 16.1 Å². The summed E-state index contributed by atoms with van der Waals surface area (Å²) < 4.78 is 44.3. The Kier molecular flexibility index (Phi) is 6.43. The van der Waals surface area contributed by atoms with Crippen LogP contribution in [-0.4, -0.2) is 46.6 Å². The molecule has 1 atom stereocenters. The van der Waals surface area contributed by atoms with Crippen molar-refractivity contribution in [1.29, 1.82) is 0 Å². The predicted molar refractivity (Wildman–Crippen MR) is 96.4 cm³/mol. The summed E-state index contributed by atoms with van der Waals surface area (Å²) >= 11 is 1.12. The molecule has 2 aromatic rings. The summed E-state index contributed by atoms with van der Waals surface area (Å²) in [5, 5.41) is 2.47. The summed E-state index contributed by atoms with van der Waals surface area (Å²) in [5.41, 5.74) is 1.88. The molecule has 1 N–H and O–H groups in total. The first-order valence-corrected chi connectivity index (χ1v) is 9.60. The Balaban J connectivity index is 1.72. The summed E-state index contributed by atoms with van der Waals surface area (Å²) in [4.78, 5) is 16.1. The molecule has 1 aliphatic heterocycles. The van der Waals surface area contributed by atoms with Crippen LogP contribution in [0, 0.1) is 0 Å². The second-order valence-corrected chi connectivity index (χ2v) is 7.16. The number of carbonyl (C=O) groups is 1. The quantitative estimate of drug-likeness (QED) is 0.724. The fraction of sp³-hybridized carbons (Fsp3) is 0.444. The SMILES string of the molecule is O=C(CSc1ncc(-c2ccccc2)n1CC1CCCO1)NCC(F)(F)F. The largest absolute Gasteiger partial charge is 0.405 e. The Morgan fingerprint density at radius 2 is 2.11 bits per heavy atom. The van der Waals surface area contributed by atoms with Crippen LogP contribution in [0.15, 0.2) is 41.7 Å². The van der Waals surface area contributed by atoms with Crippen LogP contribution in [0.25, 0.3) is 11.3 Å². The third-order valence-electron chi connectivity index (χ3n) is 4.12. The number of imidazole rings is 1. The van der Waals surface area contributed by atoms with Gasteiger partial charge in [0, 0.05) is 6.61 Å². The summed E-state index contributed by atoms with van der Waals surface area (Å²) in [6, 6.07) is 9.71. The fourth-order valence-corrected chi connectivity index (χ4v) is 3.68. The molecule has 0 saturated carbocycles. The van der Waals surface area contributed by atoms with Gasteiger partial charge in [-0.15, -0.1) is 0 Å². The van der Waals surface area contributed by atoms with E-state index in [1.54, 1.807) is 6.20 Å². The molecule has 1 saturated heterocycles. The molecule has 2 heterocycles. The number of alkyl halides is 3. The van der Waals surface area contributed by atoms with E-state index in [0.29, 0.717) is 11.7 Å². The molecule has 27 heavy (non-hydrogen) atoms. The van der Waals surface area contributed by atoms with Crippen molar-refractivity contribution in [2.45, 2.75) is 36.8 Å². The van der Waals surface area contributed by atoms with Crippen molar-refractivity contribution in [3.05, 3.63) is 36.5 Å². The van der Waals surface area contributed by atoms with E-state index in [0.717, 1.165) is 42.5 Å². The van der Waals surface area contributed by atoms with E-state index in [4.69, 9.17) is 4.74 Å². The normalized spacial score (nSPS) is 17.2. The summed E-state index contributed by atoms with van der Waals surface area (Å²) in [6.45, 7) is -0.00883. The van der Waals surface area contributed by atoms with Gasteiger partial charge in [0.25, 0.3) is 0 Å². The molecule has 5 nitrogen and oxygen atoms in total. The highest BCUT2D eigenvalue weighted by Gasteiger charge is 2.28. The number of ether oxygens (including phenoxy) is 1. The van der Waals surface area contributed by atoms with E-state index in [2.05, 4.69) is 4.98 Å². The van der Waals surface area contributed by atoms with Gasteiger partial charge >= 0.3 is 6.18 Å². The maximum absolute atomic E-state index is 12.2. The highest BCUT2D eigenvalue weighted by atomic mass is 32.2. The standard InChI is InChI=1S/C18H20F3N3O2S/c19-18(20,21)12-23-16(25)11-27-17-22-9-15(13-5-2-1-3-6-13)24(17)10-14-7-4-8-26-14/h1-3,5-6,9,14H,4,7-8,10-12H2,(H,23,25). The maximum atomic E-state index is 12.2. The van der Waals surface area contributed by atoms with Crippen LogP contribution >= 0.6 is 11.8 Å². The monoisotopic (exact) mass is 399 g/mol. The average Bonchev–Trinajstić information content (AvgIpc) is 3.29. The van der Waals surface area contributed by atoms with Gasteiger partial charge < -0.3 is 14.6 Å². The minimum Gasteiger partial charge on any atom is -0.376 e. The molecular weight excluding hydrogens is 379 g/mol. The lowest BCUT2D eigenvalue weighted by Gasteiger charge is -2.16. The number of nitrogens with one attached hydrogen (secondary N) is 1. The van der Waals surface area contributed by atoms with Crippen molar-refractivity contribution < 1.29 is 22.7 Å². The van der Waals surface area contributed by atoms with Gasteiger partial charge in [0.05, 0.1) is 30.3 Å². The second kappa shape index (κ2) is 8.79. The van der Waals surface area contributed by atoms with E-state index in [9.17, 15) is 18.0 Å². The third-order valence-corrected chi connectivity index (χ3v) is 5.11. The highest BCUT2D eigenvalue weighted by Crippen LogP contribution is 2.28. The Morgan fingerprint density at radius 3 is 2.78 bits per heavy atom. The number of halogens is 3. The molecule has 1 fully saturated rings. The molecule has 0 aliphatic carbocycles. The number of aromatic nitrogens is 2. The van der Waals surface area contributed by atoms with Crippen molar-refractivity contribution in [1.82, 2.24) is 14.9 Å². The van der Waals surface area contributed by atoms with Gasteiger partial charge in [-0.1, -0.05) is 42.1 Å². The topological polar surface area (TPSA) is 56.2 Å². The van der Waals surface area contributed by atoms with E-state index in [1.165, 1.54) is 0 Å². The molecular formula is C18H20F3N3O2S. The molecule has 1 aliphatic rings. The summed E-state index contributed by atoms with van der Waals surface area (Å²) in [5.74, 6) is -0.808. The zero-order valence-corrected chi connectivity index (χ0v) is 15.4. The fourth-order valence-electron chi connectivity index (χ4n) is 2.86. The molecule has 1 unspecified atom stereocenters. The number of nitrogens with zero attached hydrogens (tertiary/aromatic N) is 2. The highest BCUT2D eigenvalue weighted by molar-refractivity contribution is 7.99. The van der Waals surface area contributed by atoms with Crippen molar-refractivity contribution in [2.75, 3.05) is 18.9 Å². The molecule has 9 heteroatoms. The number of amides is 1. The number of carbonyl (C=O) groups excluding carboxylic acids is 1. The maximum Gasteiger partial charge on any atom is 0.405 e. The zero-order chi connectivity index (χ0) is 19.3. The number of hydrogen-bond acceptors (Lipinski definition) is 4. The van der Waals surface area contributed by atoms with Crippen LogP contribution < -0.4 is 5.32 Å². The van der Waals surface area contributed by atoms with E-state index >= 15 is 0 Å². The van der Waals surface area contributed by atoms with Gasteiger partial charge in [-0.3, -0.25) is 4.79 Å². The van der Waals surface area contributed by atoms with E-state index < -0.39 is 18.6 Å². The van der Waals surface area contributed by atoms with Crippen molar-refractivity contribution in [3.8, 4) is 11.3 Å². The number of rotatable bonds is 7. The number of benzene rings is 1. The van der Waals surface area contributed by atoms with E-state index in [-0.39, 0.29) is 11.9 Å². The van der Waals surface area contributed by atoms with Crippen molar-refractivity contribution >= 4 is 17.7 Å². The second-order valence-electron chi connectivity index (χ2n) is 6.22. The minimum absolute atomic E-state index is 0.0695. The van der Waals surface area contributed by atoms with Gasteiger partial charge in [0.2, 0.25) is 5.91 Å². The molecule has 0 radical (unpaired) electrons. The first kappa shape index (κ1) is 19.8. The molecule has 3 rings (SSSR count). The molecule has 1 aromatic carbocycles. The Morgan fingerprint density at radius 1 is 1.33 bits per heavy atom. The van der Waals surface area contributed by atoms with Crippen molar-refractivity contribution in [3.63, 3.8) is 0 Å². The lowest BCUT2D eigenvalue weighted by atomic mass is 10.1.